The smallest absolute Gasteiger partial charge is 0.306 e. The highest BCUT2D eigenvalue weighted by Crippen LogP contribution is 2.48. The number of carbonyl (C=O) groups is 2. The first-order valence-electron chi connectivity index (χ1n) is 36.5. The zero-order chi connectivity index (χ0) is 67.9. The van der Waals surface area contributed by atoms with E-state index in [0.29, 0.717) is 77.4 Å². The van der Waals surface area contributed by atoms with Crippen molar-refractivity contribution in [3.05, 3.63) is 24.3 Å². The van der Waals surface area contributed by atoms with Crippen molar-refractivity contribution in [3.8, 4) is 0 Å². The fraction of sp³-hybridized carbons (Fsp3) is 0.918. The number of halogens is 4. The van der Waals surface area contributed by atoms with Gasteiger partial charge in [0, 0.05) is 51.7 Å². The first kappa shape index (κ1) is 83.5. The molecule has 0 amide bonds. The van der Waals surface area contributed by atoms with E-state index in [0.717, 1.165) is 122 Å². The number of aliphatic carboxylic acids is 1. The lowest BCUT2D eigenvalue weighted by molar-refractivity contribution is -0.197. The topological polar surface area (TPSA) is 159 Å². The average molecular weight is 1340 g/mol. The predicted molar refractivity (Wildman–Crippen MR) is 365 cm³/mol. The van der Waals surface area contributed by atoms with Gasteiger partial charge in [-0.1, -0.05) is 131 Å². The molecule has 2 aliphatic carbocycles. The standard InChI is InChI=1S/C38H70F2O6Si.C35H64F2O6Si/c1-9-10-11-19-26-38(39,40)34(46-47(7,8)37(4,5)6)25-24-31-30(32(41)28-33(31)45-36-23-18-20-27-43-36)21-16-14-12-13-15-17-22-35(42)44-29(2)3;1-7-8-9-17-24-35(36,37)31(43-44(5,6)34(2,3)4)23-22-28-27(19-14-12-10-11-13-15-20-32(39)40)29(38)26-30(28)42-33-21-16-18-25-41-33/h14,16,29-34,36,41H,9-13,15,17-28H2,1-8H3;12,14,27-31,33,38H,7-11,13,15-26H2,1-6H3,(H,39,40)/b16-14-;14-12-/t30-,31-,32+,33-,34?,36?;27-,28-,29+,30-,31?,33?/m11/s1. The largest absolute Gasteiger partial charge is 0.481 e. The summed E-state index contributed by atoms with van der Waals surface area (Å²) in [6.45, 7) is 30.0. The second kappa shape index (κ2) is 42.2. The Balaban J connectivity index is 0.000000476. The molecule has 4 fully saturated rings. The third kappa shape index (κ3) is 31.6. The molecule has 12 atom stereocenters. The Labute approximate surface area is 553 Å². The average Bonchev–Trinajstić information content (AvgIpc) is 1.92. The molecule has 0 bridgehead atoms. The van der Waals surface area contributed by atoms with Gasteiger partial charge in [0.2, 0.25) is 0 Å². The van der Waals surface area contributed by atoms with Crippen LogP contribution in [0.3, 0.4) is 0 Å². The Morgan fingerprint density at radius 1 is 0.549 bits per heavy atom. The minimum absolute atomic E-state index is 0.0615. The Kier molecular flexibility index (Phi) is 38.7. The molecular weight excluding hydrogens is 1200 g/mol. The molecule has 0 aromatic heterocycles. The summed E-state index contributed by atoms with van der Waals surface area (Å²) in [6.07, 6.45) is 27.4. The molecule has 4 aliphatic rings. The maximum Gasteiger partial charge on any atom is 0.306 e. The van der Waals surface area contributed by atoms with E-state index in [1.807, 2.05) is 26.9 Å². The molecular formula is C73H134F4O12Si2. The van der Waals surface area contributed by atoms with Crippen molar-refractivity contribution in [3.63, 3.8) is 0 Å². The van der Waals surface area contributed by atoms with Crippen molar-refractivity contribution in [2.45, 2.75) is 391 Å². The Hall–Kier alpha value is -1.75. The molecule has 3 N–H and O–H groups in total. The number of carboxylic acids is 1. The highest BCUT2D eigenvalue weighted by Gasteiger charge is 2.51. The van der Waals surface area contributed by atoms with Gasteiger partial charge in [0.1, 0.15) is 12.2 Å². The van der Waals surface area contributed by atoms with Crippen LogP contribution in [-0.2, 0) is 42.1 Å². The van der Waals surface area contributed by atoms with Gasteiger partial charge in [0.05, 0.1) is 30.5 Å². The zero-order valence-corrected chi connectivity index (χ0v) is 61.8. The molecule has 534 valence electrons. The zero-order valence-electron chi connectivity index (χ0n) is 59.8. The first-order valence-corrected chi connectivity index (χ1v) is 42.3. The maximum atomic E-state index is 16.0. The molecule has 2 heterocycles. The molecule has 0 spiro atoms. The van der Waals surface area contributed by atoms with E-state index in [9.17, 15) is 19.8 Å². The van der Waals surface area contributed by atoms with Crippen LogP contribution in [-0.4, -0.2) is 124 Å². The molecule has 0 aromatic rings. The Morgan fingerprint density at radius 3 is 1.30 bits per heavy atom. The summed E-state index contributed by atoms with van der Waals surface area (Å²) in [5, 5.41) is 30.9. The summed E-state index contributed by atoms with van der Waals surface area (Å²) in [5.74, 6) is -7.02. The van der Waals surface area contributed by atoms with Gasteiger partial charge in [-0.25, -0.2) is 17.6 Å². The minimum atomic E-state index is -2.92. The number of unbranched alkanes of at least 4 members (excludes halogenated alkanes) is 12. The lowest BCUT2D eigenvalue weighted by Crippen LogP contribution is -2.49. The number of allylic oxidation sites excluding steroid dienone is 4. The van der Waals surface area contributed by atoms with Gasteiger partial charge in [-0.2, -0.15) is 0 Å². The number of carboxylic acid groups (broad SMARTS) is 1. The van der Waals surface area contributed by atoms with Crippen molar-refractivity contribution in [1.29, 1.82) is 0 Å². The summed E-state index contributed by atoms with van der Waals surface area (Å²) in [4.78, 5) is 22.5. The Bertz CT molecular complexity index is 2020. The van der Waals surface area contributed by atoms with Crippen LogP contribution in [0.1, 0.15) is 288 Å². The van der Waals surface area contributed by atoms with Crippen LogP contribution >= 0.6 is 0 Å². The molecule has 91 heavy (non-hydrogen) atoms. The van der Waals surface area contributed by atoms with Crippen LogP contribution < -0.4 is 0 Å². The number of ether oxygens (including phenoxy) is 5. The number of rotatable bonds is 43. The van der Waals surface area contributed by atoms with Crippen LogP contribution in [0, 0.1) is 23.7 Å². The quantitative estimate of drug-likeness (QED) is 0.0175. The number of esters is 1. The van der Waals surface area contributed by atoms with Crippen molar-refractivity contribution in [2.24, 2.45) is 23.7 Å². The van der Waals surface area contributed by atoms with E-state index in [1.54, 1.807) is 0 Å². The van der Waals surface area contributed by atoms with Crippen molar-refractivity contribution >= 4 is 28.6 Å². The summed E-state index contributed by atoms with van der Waals surface area (Å²) < 4.78 is 107. The van der Waals surface area contributed by atoms with Crippen LogP contribution in [0.15, 0.2) is 24.3 Å². The van der Waals surface area contributed by atoms with Crippen molar-refractivity contribution in [1.82, 2.24) is 0 Å². The first-order chi connectivity index (χ1) is 42.7. The number of hydrogen-bond donors (Lipinski definition) is 3. The van der Waals surface area contributed by atoms with Crippen LogP contribution in [0.2, 0.25) is 36.3 Å². The highest BCUT2D eigenvalue weighted by molar-refractivity contribution is 6.74. The van der Waals surface area contributed by atoms with Crippen LogP contribution in [0.5, 0.6) is 0 Å². The summed E-state index contributed by atoms with van der Waals surface area (Å²) in [6, 6.07) is 0. The predicted octanol–water partition coefficient (Wildman–Crippen LogP) is 20.2. The van der Waals surface area contributed by atoms with E-state index in [4.69, 9.17) is 37.6 Å². The number of hydrogen-bond acceptors (Lipinski definition) is 11. The van der Waals surface area contributed by atoms with Gasteiger partial charge >= 0.3 is 11.9 Å². The third-order valence-electron chi connectivity index (χ3n) is 20.6. The number of aliphatic hydroxyl groups is 2. The van der Waals surface area contributed by atoms with Gasteiger partial charge in [0.15, 0.2) is 29.2 Å². The second-order valence-electron chi connectivity index (χ2n) is 30.8. The molecule has 4 rings (SSSR count). The molecule has 4 unspecified atom stereocenters. The fourth-order valence-electron chi connectivity index (χ4n) is 13.0. The molecule has 0 aromatic carbocycles. The van der Waals surface area contributed by atoms with E-state index >= 15 is 17.6 Å². The van der Waals surface area contributed by atoms with Gasteiger partial charge in [0.25, 0.3) is 11.8 Å². The van der Waals surface area contributed by atoms with Gasteiger partial charge < -0.3 is 47.9 Å². The van der Waals surface area contributed by atoms with Crippen molar-refractivity contribution < 1.29 is 75.0 Å². The summed E-state index contributed by atoms with van der Waals surface area (Å²) in [7, 11) is -4.93. The summed E-state index contributed by atoms with van der Waals surface area (Å²) in [5.41, 5.74) is 0. The highest BCUT2D eigenvalue weighted by atomic mass is 28.4. The molecule has 18 heteroatoms. The number of aliphatic hydroxyl groups excluding tert-OH is 2. The minimum Gasteiger partial charge on any atom is -0.481 e. The number of alkyl halides is 4. The van der Waals surface area contributed by atoms with E-state index < -0.39 is 58.9 Å². The third-order valence-corrected chi connectivity index (χ3v) is 29.6. The van der Waals surface area contributed by atoms with Crippen LogP contribution in [0.4, 0.5) is 17.6 Å². The molecule has 12 nitrogen and oxygen atoms in total. The molecule has 2 saturated carbocycles. The Morgan fingerprint density at radius 2 is 0.945 bits per heavy atom. The van der Waals surface area contributed by atoms with Gasteiger partial charge in [-0.3, -0.25) is 9.59 Å². The van der Waals surface area contributed by atoms with Gasteiger partial charge in [-0.05, 0) is 202 Å². The maximum absolute atomic E-state index is 16.0. The van der Waals surface area contributed by atoms with Crippen molar-refractivity contribution in [2.75, 3.05) is 13.2 Å². The van der Waals surface area contributed by atoms with E-state index in [2.05, 4.69) is 92.8 Å². The normalized spacial score (nSPS) is 25.5. The molecule has 2 saturated heterocycles. The lowest BCUT2D eigenvalue weighted by atomic mass is 9.85. The second-order valence-corrected chi connectivity index (χ2v) is 40.3. The number of carbonyl (C=O) groups excluding carboxylic acids is 1. The lowest BCUT2D eigenvalue weighted by Gasteiger charge is -2.42. The monoisotopic (exact) mass is 1330 g/mol. The SMILES string of the molecule is CCCCCCC(F)(F)C(CC[C@@H]1[C@@H](C/C=C\CCCCCC(=O)O)[C@@H](O)C[C@H]1OC1CCCCO1)O[Si](C)(C)C(C)(C)C.CCCCCCC(F)(F)C(CC[C@@H]1[C@@H](C/C=C\CCCCCC(=O)OC(C)C)[C@@H](O)C[C@H]1OC1CCCCO1)O[Si](C)(C)C(C)(C)C. The summed E-state index contributed by atoms with van der Waals surface area (Å²) >= 11 is 0. The van der Waals surface area contributed by atoms with E-state index in [1.165, 1.54) is 0 Å². The molecule has 2 aliphatic heterocycles. The van der Waals surface area contributed by atoms with E-state index in [-0.39, 0.29) is 103 Å². The fourth-order valence-corrected chi connectivity index (χ4v) is 15.7. The van der Waals surface area contributed by atoms with Crippen LogP contribution in [0.25, 0.3) is 0 Å². The van der Waals surface area contributed by atoms with Gasteiger partial charge in [-0.15, -0.1) is 0 Å². The molecule has 0 radical (unpaired) electrons.